The first-order valence-electron chi connectivity index (χ1n) is 5.74. The predicted octanol–water partition coefficient (Wildman–Crippen LogP) is 2.52. The Morgan fingerprint density at radius 2 is 2.11 bits per heavy atom. The molecule has 0 spiro atoms. The fourth-order valence-corrected chi connectivity index (χ4v) is 2.41. The fourth-order valence-electron chi connectivity index (χ4n) is 1.69. The standard InChI is InChI=1S/C14H15NO2S/c1-10-5-2-3-6-11(10)14(17)15-9-12(16)13-7-4-8-18-13/h2-8,12,16H,9H2,1H3,(H,15,17). The van der Waals surface area contributed by atoms with E-state index >= 15 is 0 Å². The van der Waals surface area contributed by atoms with Crippen molar-refractivity contribution in [2.24, 2.45) is 0 Å². The number of aliphatic hydroxyl groups is 1. The third-order valence-electron chi connectivity index (χ3n) is 2.72. The molecule has 0 saturated carbocycles. The molecule has 0 fully saturated rings. The van der Waals surface area contributed by atoms with Crippen molar-refractivity contribution in [1.82, 2.24) is 5.32 Å². The molecular weight excluding hydrogens is 246 g/mol. The molecule has 1 unspecified atom stereocenters. The maximum Gasteiger partial charge on any atom is 0.251 e. The van der Waals surface area contributed by atoms with Gasteiger partial charge in [-0.25, -0.2) is 0 Å². The lowest BCUT2D eigenvalue weighted by molar-refractivity contribution is 0.0917. The second-order valence-corrected chi connectivity index (χ2v) is 5.04. The maximum atomic E-state index is 11.9. The second kappa shape index (κ2) is 5.80. The normalized spacial score (nSPS) is 12.1. The Labute approximate surface area is 110 Å². The van der Waals surface area contributed by atoms with Gasteiger partial charge in [0.05, 0.1) is 0 Å². The summed E-state index contributed by atoms with van der Waals surface area (Å²) in [5.41, 5.74) is 1.58. The van der Waals surface area contributed by atoms with Crippen molar-refractivity contribution in [3.05, 3.63) is 57.8 Å². The molecular formula is C14H15NO2S. The lowest BCUT2D eigenvalue weighted by Gasteiger charge is -2.11. The summed E-state index contributed by atoms with van der Waals surface area (Å²) in [7, 11) is 0. The number of nitrogens with one attached hydrogen (secondary N) is 1. The molecule has 18 heavy (non-hydrogen) atoms. The monoisotopic (exact) mass is 261 g/mol. The molecule has 3 nitrogen and oxygen atoms in total. The molecule has 0 aliphatic carbocycles. The molecule has 0 aliphatic heterocycles. The molecule has 1 aromatic carbocycles. The SMILES string of the molecule is Cc1ccccc1C(=O)NCC(O)c1cccs1. The molecule has 1 atom stereocenters. The first-order valence-corrected chi connectivity index (χ1v) is 6.61. The number of rotatable bonds is 4. The molecule has 2 rings (SSSR count). The van der Waals surface area contributed by atoms with Crippen LogP contribution in [0.5, 0.6) is 0 Å². The van der Waals surface area contributed by atoms with Crippen molar-refractivity contribution in [1.29, 1.82) is 0 Å². The van der Waals surface area contributed by atoms with Gasteiger partial charge in [0, 0.05) is 17.0 Å². The molecule has 0 saturated heterocycles. The number of amides is 1. The summed E-state index contributed by atoms with van der Waals surface area (Å²) in [5.74, 6) is -0.149. The van der Waals surface area contributed by atoms with Gasteiger partial charge in [-0.1, -0.05) is 24.3 Å². The summed E-state index contributed by atoms with van der Waals surface area (Å²) in [6.07, 6.45) is -0.641. The van der Waals surface area contributed by atoms with E-state index in [4.69, 9.17) is 0 Å². The molecule has 0 aliphatic rings. The lowest BCUT2D eigenvalue weighted by Crippen LogP contribution is -2.28. The molecule has 1 heterocycles. The van der Waals surface area contributed by atoms with Crippen LogP contribution in [0.4, 0.5) is 0 Å². The molecule has 1 aromatic heterocycles. The number of carbonyl (C=O) groups excluding carboxylic acids is 1. The van der Waals surface area contributed by atoms with Crippen LogP contribution < -0.4 is 5.32 Å². The van der Waals surface area contributed by atoms with E-state index in [1.165, 1.54) is 11.3 Å². The Bertz CT molecular complexity index is 522. The first kappa shape index (κ1) is 12.8. The molecule has 0 radical (unpaired) electrons. The number of thiophene rings is 1. The fraction of sp³-hybridized carbons (Fsp3) is 0.214. The molecule has 2 N–H and O–H groups in total. The number of aliphatic hydroxyl groups excluding tert-OH is 1. The first-order chi connectivity index (χ1) is 8.68. The zero-order valence-electron chi connectivity index (χ0n) is 10.1. The predicted molar refractivity (Wildman–Crippen MR) is 72.8 cm³/mol. The van der Waals surface area contributed by atoms with Crippen LogP contribution in [0.2, 0.25) is 0 Å². The van der Waals surface area contributed by atoms with Crippen LogP contribution in [0.15, 0.2) is 41.8 Å². The van der Waals surface area contributed by atoms with Crippen molar-refractivity contribution >= 4 is 17.2 Å². The van der Waals surface area contributed by atoms with Gasteiger partial charge in [-0.2, -0.15) is 0 Å². The van der Waals surface area contributed by atoms with Gasteiger partial charge < -0.3 is 10.4 Å². The summed E-state index contributed by atoms with van der Waals surface area (Å²) in [4.78, 5) is 12.8. The maximum absolute atomic E-state index is 11.9. The van der Waals surface area contributed by atoms with E-state index in [1.807, 2.05) is 42.6 Å². The molecule has 0 bridgehead atoms. The van der Waals surface area contributed by atoms with E-state index < -0.39 is 6.10 Å². The van der Waals surface area contributed by atoms with Crippen molar-refractivity contribution in [3.63, 3.8) is 0 Å². The van der Waals surface area contributed by atoms with Gasteiger partial charge in [-0.05, 0) is 30.0 Å². The highest BCUT2D eigenvalue weighted by atomic mass is 32.1. The minimum atomic E-state index is -0.641. The summed E-state index contributed by atoms with van der Waals surface area (Å²) in [6.45, 7) is 2.12. The molecule has 94 valence electrons. The summed E-state index contributed by atoms with van der Waals surface area (Å²) >= 11 is 1.48. The third-order valence-corrected chi connectivity index (χ3v) is 3.69. The van der Waals surface area contributed by atoms with Crippen molar-refractivity contribution in [3.8, 4) is 0 Å². The average Bonchev–Trinajstić information content (AvgIpc) is 2.90. The van der Waals surface area contributed by atoms with Crippen LogP contribution in [0.1, 0.15) is 26.9 Å². The minimum absolute atomic E-state index is 0.149. The smallest absolute Gasteiger partial charge is 0.251 e. The van der Waals surface area contributed by atoms with Gasteiger partial charge in [0.15, 0.2) is 0 Å². The zero-order chi connectivity index (χ0) is 13.0. The molecule has 1 amide bonds. The topological polar surface area (TPSA) is 49.3 Å². The highest BCUT2D eigenvalue weighted by molar-refractivity contribution is 7.10. The highest BCUT2D eigenvalue weighted by Gasteiger charge is 2.12. The number of hydrogen-bond donors (Lipinski definition) is 2. The highest BCUT2D eigenvalue weighted by Crippen LogP contribution is 2.18. The van der Waals surface area contributed by atoms with Gasteiger partial charge in [-0.15, -0.1) is 11.3 Å². The van der Waals surface area contributed by atoms with Crippen LogP contribution in [-0.2, 0) is 0 Å². The van der Waals surface area contributed by atoms with Crippen LogP contribution >= 0.6 is 11.3 Å². The summed E-state index contributed by atoms with van der Waals surface area (Å²) in [6, 6.07) is 11.1. The largest absolute Gasteiger partial charge is 0.386 e. The molecule has 4 heteroatoms. The lowest BCUT2D eigenvalue weighted by atomic mass is 10.1. The summed E-state index contributed by atoms with van der Waals surface area (Å²) < 4.78 is 0. The van der Waals surface area contributed by atoms with Crippen LogP contribution in [0.3, 0.4) is 0 Å². The summed E-state index contributed by atoms with van der Waals surface area (Å²) in [5, 5.41) is 14.5. The minimum Gasteiger partial charge on any atom is -0.386 e. The van der Waals surface area contributed by atoms with Crippen molar-refractivity contribution in [2.45, 2.75) is 13.0 Å². The van der Waals surface area contributed by atoms with E-state index in [-0.39, 0.29) is 12.5 Å². The Kier molecular flexibility index (Phi) is 4.12. The van der Waals surface area contributed by atoms with Gasteiger partial charge in [-0.3, -0.25) is 4.79 Å². The third kappa shape index (κ3) is 2.97. The number of carbonyl (C=O) groups is 1. The Hall–Kier alpha value is -1.65. The van der Waals surface area contributed by atoms with Crippen LogP contribution in [0.25, 0.3) is 0 Å². The van der Waals surface area contributed by atoms with Gasteiger partial charge in [0.25, 0.3) is 5.91 Å². The van der Waals surface area contributed by atoms with Crippen molar-refractivity contribution < 1.29 is 9.90 Å². The number of benzene rings is 1. The van der Waals surface area contributed by atoms with Crippen molar-refractivity contribution in [2.75, 3.05) is 6.54 Å². The zero-order valence-corrected chi connectivity index (χ0v) is 10.9. The van der Waals surface area contributed by atoms with Gasteiger partial charge in [0.1, 0.15) is 6.10 Å². The van der Waals surface area contributed by atoms with E-state index in [2.05, 4.69) is 5.32 Å². The van der Waals surface area contributed by atoms with Gasteiger partial charge in [0.2, 0.25) is 0 Å². The van der Waals surface area contributed by atoms with Crippen LogP contribution in [0, 0.1) is 6.92 Å². The number of aryl methyl sites for hydroxylation is 1. The average molecular weight is 261 g/mol. The molecule has 2 aromatic rings. The van der Waals surface area contributed by atoms with E-state index in [1.54, 1.807) is 6.07 Å². The van der Waals surface area contributed by atoms with E-state index in [9.17, 15) is 9.90 Å². The number of hydrogen-bond acceptors (Lipinski definition) is 3. The van der Waals surface area contributed by atoms with Gasteiger partial charge >= 0.3 is 0 Å². The second-order valence-electron chi connectivity index (χ2n) is 4.06. The Balaban J connectivity index is 1.95. The Morgan fingerprint density at radius 1 is 1.33 bits per heavy atom. The van der Waals surface area contributed by atoms with E-state index in [0.717, 1.165) is 10.4 Å². The van der Waals surface area contributed by atoms with E-state index in [0.29, 0.717) is 5.56 Å². The quantitative estimate of drug-likeness (QED) is 0.888. The Morgan fingerprint density at radius 3 is 2.78 bits per heavy atom. The van der Waals surface area contributed by atoms with Crippen LogP contribution in [-0.4, -0.2) is 17.6 Å².